The molecule has 0 aliphatic heterocycles. The van der Waals surface area contributed by atoms with Crippen molar-refractivity contribution in [3.05, 3.63) is 48.6 Å². The van der Waals surface area contributed by atoms with Crippen molar-refractivity contribution in [1.82, 2.24) is 0 Å². The summed E-state index contributed by atoms with van der Waals surface area (Å²) in [5.74, 6) is -2.31. The SMILES string of the molecule is BC(B)(/C=C\C(B)(O)/C=C\CCCC(N)=O)/C=C\C(O)(O)/C=C\CCCCC. The maximum absolute atomic E-state index is 10.7. The predicted octanol–water partition coefficient (Wildman–Crippen LogP) is -0.168. The van der Waals surface area contributed by atoms with Crippen molar-refractivity contribution in [2.75, 3.05) is 0 Å². The maximum atomic E-state index is 10.7. The van der Waals surface area contributed by atoms with Gasteiger partial charge in [0.1, 0.15) is 15.7 Å². The molecular formula is C20H36B3NO4. The lowest BCUT2D eigenvalue weighted by molar-refractivity contribution is -0.118. The Morgan fingerprint density at radius 3 is 2.04 bits per heavy atom. The van der Waals surface area contributed by atoms with Crippen LogP contribution in [-0.2, 0) is 4.79 Å². The highest BCUT2D eigenvalue weighted by molar-refractivity contribution is 6.43. The molecule has 0 rings (SSSR count). The fraction of sp³-hybridized carbons (Fsp3) is 0.550. The van der Waals surface area contributed by atoms with Crippen LogP contribution in [0.2, 0.25) is 5.21 Å². The number of carbonyl (C=O) groups is 1. The van der Waals surface area contributed by atoms with E-state index in [1.807, 2.05) is 27.8 Å². The normalized spacial score (nSPS) is 15.9. The van der Waals surface area contributed by atoms with Crippen LogP contribution in [0.4, 0.5) is 0 Å². The first kappa shape index (κ1) is 26.5. The number of nitrogens with two attached hydrogens (primary N) is 1. The summed E-state index contributed by atoms with van der Waals surface area (Å²) in [6.07, 6.45) is 19.0. The second-order valence-electron chi connectivity index (χ2n) is 8.16. The predicted molar refractivity (Wildman–Crippen MR) is 124 cm³/mol. The largest absolute Gasteiger partial charge is 0.391 e. The summed E-state index contributed by atoms with van der Waals surface area (Å²) < 4.78 is 0. The van der Waals surface area contributed by atoms with Gasteiger partial charge in [-0.25, -0.2) is 0 Å². The molecule has 28 heavy (non-hydrogen) atoms. The van der Waals surface area contributed by atoms with E-state index in [9.17, 15) is 20.1 Å². The van der Waals surface area contributed by atoms with E-state index in [-0.39, 0.29) is 5.91 Å². The first-order valence-corrected chi connectivity index (χ1v) is 10.1. The standard InChI is InChI=1S/C20H36B3NO4/c1-2-3-4-5-9-12-20(27,28)16-14-18(21,22)13-15-19(23,26)11-8-6-7-10-17(24)25/h8-9,11-16,26-28H,2-7,10,21-23H2,1H3,(H2,24,25)/b11-8-,12-9-,15-13-,16-14-. The van der Waals surface area contributed by atoms with E-state index in [0.717, 1.165) is 25.7 Å². The van der Waals surface area contributed by atoms with Gasteiger partial charge < -0.3 is 21.1 Å². The number of unbranched alkanes of at least 4 members (excludes halogenated alkanes) is 4. The van der Waals surface area contributed by atoms with Crippen LogP contribution in [-0.4, -0.2) is 56.1 Å². The van der Waals surface area contributed by atoms with Crippen molar-refractivity contribution < 1.29 is 20.1 Å². The molecule has 0 saturated carbocycles. The molecule has 1 amide bonds. The molecule has 154 valence electrons. The second-order valence-corrected chi connectivity index (χ2v) is 8.16. The number of aliphatic hydroxyl groups is 3. The first-order valence-electron chi connectivity index (χ1n) is 10.1. The molecule has 0 saturated heterocycles. The lowest BCUT2D eigenvalue weighted by Crippen LogP contribution is -2.24. The molecule has 1 atom stereocenters. The van der Waals surface area contributed by atoms with Crippen molar-refractivity contribution in [1.29, 1.82) is 0 Å². The number of allylic oxidation sites excluding steroid dienone is 4. The molecule has 0 radical (unpaired) electrons. The van der Waals surface area contributed by atoms with E-state index in [4.69, 9.17) is 5.73 Å². The Balaban J connectivity index is 4.71. The minimum atomic E-state index is -1.99. The molecule has 5 nitrogen and oxygen atoms in total. The fourth-order valence-corrected chi connectivity index (χ4v) is 2.37. The summed E-state index contributed by atoms with van der Waals surface area (Å²) in [4.78, 5) is 10.7. The number of primary amides is 1. The highest BCUT2D eigenvalue weighted by Gasteiger charge is 2.19. The number of hydrogen-bond donors (Lipinski definition) is 4. The van der Waals surface area contributed by atoms with E-state index in [2.05, 4.69) is 6.92 Å². The third-order valence-electron chi connectivity index (χ3n) is 4.20. The Hall–Kier alpha value is -1.50. The van der Waals surface area contributed by atoms with Crippen molar-refractivity contribution >= 4 is 29.4 Å². The van der Waals surface area contributed by atoms with E-state index in [1.54, 1.807) is 32.2 Å². The van der Waals surface area contributed by atoms with Gasteiger partial charge in [-0.05, 0) is 37.8 Å². The zero-order chi connectivity index (χ0) is 21.7. The summed E-state index contributed by atoms with van der Waals surface area (Å²) in [5, 5.41) is 30.0. The van der Waals surface area contributed by atoms with Crippen LogP contribution >= 0.6 is 0 Å². The molecule has 1 unspecified atom stereocenters. The maximum Gasteiger partial charge on any atom is 0.217 e. The molecule has 0 aliphatic carbocycles. The van der Waals surface area contributed by atoms with Crippen molar-refractivity contribution in [3.8, 4) is 0 Å². The summed E-state index contributed by atoms with van der Waals surface area (Å²) in [6.45, 7) is 2.13. The number of amides is 1. The molecule has 0 heterocycles. The molecule has 0 fully saturated rings. The van der Waals surface area contributed by atoms with E-state index in [1.165, 1.54) is 12.2 Å². The highest BCUT2D eigenvalue weighted by atomic mass is 16.5. The summed E-state index contributed by atoms with van der Waals surface area (Å²) in [5.41, 5.74) is 3.96. The molecule has 0 aliphatic rings. The van der Waals surface area contributed by atoms with Gasteiger partial charge in [0.05, 0.1) is 5.50 Å². The quantitative estimate of drug-likeness (QED) is 0.144. The molecule has 0 aromatic rings. The Morgan fingerprint density at radius 1 is 0.857 bits per heavy atom. The Kier molecular flexibility index (Phi) is 12.2. The minimum Gasteiger partial charge on any atom is -0.391 e. The second kappa shape index (κ2) is 12.9. The minimum absolute atomic E-state index is 0.326. The van der Waals surface area contributed by atoms with Crippen LogP contribution in [0.3, 0.4) is 0 Å². The van der Waals surface area contributed by atoms with Crippen molar-refractivity contribution in [2.24, 2.45) is 5.73 Å². The van der Waals surface area contributed by atoms with Crippen molar-refractivity contribution in [3.63, 3.8) is 0 Å². The average Bonchev–Trinajstić information content (AvgIpc) is 2.58. The molecule has 0 aromatic heterocycles. The van der Waals surface area contributed by atoms with E-state index < -0.39 is 16.5 Å². The van der Waals surface area contributed by atoms with Gasteiger partial charge in [-0.15, -0.1) is 0 Å². The number of hydrogen-bond acceptors (Lipinski definition) is 4. The Labute approximate surface area is 172 Å². The molecule has 0 bridgehead atoms. The molecule has 5 N–H and O–H groups in total. The van der Waals surface area contributed by atoms with Gasteiger partial charge in [0.15, 0.2) is 7.85 Å². The monoisotopic (exact) mass is 387 g/mol. The zero-order valence-corrected chi connectivity index (χ0v) is 17.9. The summed E-state index contributed by atoms with van der Waals surface area (Å²) in [6, 6.07) is 0. The van der Waals surface area contributed by atoms with Crippen LogP contribution in [0.5, 0.6) is 0 Å². The molecule has 0 spiro atoms. The van der Waals surface area contributed by atoms with Gasteiger partial charge in [0.2, 0.25) is 11.7 Å². The number of carbonyl (C=O) groups excluding carboxylic acids is 1. The first-order chi connectivity index (χ1) is 12.9. The van der Waals surface area contributed by atoms with Gasteiger partial charge >= 0.3 is 0 Å². The zero-order valence-electron chi connectivity index (χ0n) is 17.9. The summed E-state index contributed by atoms with van der Waals surface area (Å²) in [7, 11) is 5.48. The fourth-order valence-electron chi connectivity index (χ4n) is 2.37. The van der Waals surface area contributed by atoms with Crippen LogP contribution in [0.25, 0.3) is 0 Å². The van der Waals surface area contributed by atoms with Gasteiger partial charge in [0, 0.05) is 6.42 Å². The van der Waals surface area contributed by atoms with E-state index >= 15 is 0 Å². The van der Waals surface area contributed by atoms with Crippen LogP contribution in [0.15, 0.2) is 48.6 Å². The van der Waals surface area contributed by atoms with Crippen LogP contribution in [0, 0.1) is 0 Å². The van der Waals surface area contributed by atoms with Crippen LogP contribution in [0.1, 0.15) is 51.9 Å². The van der Waals surface area contributed by atoms with E-state index in [0.29, 0.717) is 19.3 Å². The third kappa shape index (κ3) is 15.6. The third-order valence-corrected chi connectivity index (χ3v) is 4.20. The van der Waals surface area contributed by atoms with Gasteiger partial charge in [-0.2, -0.15) is 0 Å². The number of rotatable bonds is 14. The molecule has 0 aromatic carbocycles. The smallest absolute Gasteiger partial charge is 0.217 e. The topological polar surface area (TPSA) is 104 Å². The highest BCUT2D eigenvalue weighted by Crippen LogP contribution is 2.23. The van der Waals surface area contributed by atoms with Gasteiger partial charge in [-0.1, -0.05) is 61.4 Å². The Bertz CT molecular complexity index is 582. The lowest BCUT2D eigenvalue weighted by atomic mass is 9.53. The Morgan fingerprint density at radius 2 is 1.43 bits per heavy atom. The molecule has 8 heteroatoms. The summed E-state index contributed by atoms with van der Waals surface area (Å²) >= 11 is 0. The van der Waals surface area contributed by atoms with Gasteiger partial charge in [-0.3, -0.25) is 4.79 Å². The van der Waals surface area contributed by atoms with Crippen LogP contribution < -0.4 is 5.73 Å². The molecular weight excluding hydrogens is 351 g/mol. The lowest BCUT2D eigenvalue weighted by Gasteiger charge is -2.21. The van der Waals surface area contributed by atoms with Crippen molar-refractivity contribution in [2.45, 2.75) is 68.4 Å². The van der Waals surface area contributed by atoms with Gasteiger partial charge in [0.25, 0.3) is 0 Å². The average molecular weight is 387 g/mol.